The Morgan fingerprint density at radius 1 is 1.00 bits per heavy atom. The molecule has 1 aromatic heterocycles. The lowest BCUT2D eigenvalue weighted by Gasteiger charge is -2.34. The number of carbonyl (C=O) groups is 2. The van der Waals surface area contributed by atoms with Crippen LogP contribution in [0, 0.1) is 17.0 Å². The molecule has 8 heteroatoms. The molecule has 0 spiro atoms. The van der Waals surface area contributed by atoms with Gasteiger partial charge < -0.3 is 14.2 Å². The standard InChI is InChI=1S/C17H17N3O5/c1-12-6-11-25-15(12)17(22)19-9-7-18(8-10-19)16(21)13-2-4-14(5-3-13)20(23)24/h2-6,11H,7-10H2,1H3. The number of furan rings is 1. The van der Waals surface area contributed by atoms with Crippen LogP contribution in [0.15, 0.2) is 41.0 Å². The zero-order valence-electron chi connectivity index (χ0n) is 13.7. The molecule has 130 valence electrons. The third-order valence-corrected chi connectivity index (χ3v) is 4.24. The smallest absolute Gasteiger partial charge is 0.289 e. The van der Waals surface area contributed by atoms with E-state index in [0.717, 1.165) is 5.56 Å². The molecular weight excluding hydrogens is 326 g/mol. The first kappa shape index (κ1) is 16.7. The Kier molecular flexibility index (Phi) is 4.51. The molecule has 0 saturated carbocycles. The maximum Gasteiger partial charge on any atom is 0.289 e. The zero-order chi connectivity index (χ0) is 18.0. The summed E-state index contributed by atoms with van der Waals surface area (Å²) in [5, 5.41) is 10.7. The molecule has 0 radical (unpaired) electrons. The number of non-ortho nitro benzene ring substituents is 1. The van der Waals surface area contributed by atoms with Crippen molar-refractivity contribution in [1.29, 1.82) is 0 Å². The van der Waals surface area contributed by atoms with Crippen LogP contribution < -0.4 is 0 Å². The number of hydrogen-bond donors (Lipinski definition) is 0. The van der Waals surface area contributed by atoms with Gasteiger partial charge in [0.15, 0.2) is 5.76 Å². The Hall–Kier alpha value is -3.16. The normalized spacial score (nSPS) is 14.4. The van der Waals surface area contributed by atoms with Crippen LogP contribution in [0.5, 0.6) is 0 Å². The van der Waals surface area contributed by atoms with Crippen LogP contribution >= 0.6 is 0 Å². The molecule has 0 bridgehead atoms. The van der Waals surface area contributed by atoms with Crippen molar-refractivity contribution in [3.63, 3.8) is 0 Å². The summed E-state index contributed by atoms with van der Waals surface area (Å²) in [4.78, 5) is 38.3. The van der Waals surface area contributed by atoms with Crippen molar-refractivity contribution < 1.29 is 18.9 Å². The fourth-order valence-electron chi connectivity index (χ4n) is 2.76. The van der Waals surface area contributed by atoms with Gasteiger partial charge in [-0.15, -0.1) is 0 Å². The SMILES string of the molecule is Cc1ccoc1C(=O)N1CCN(C(=O)c2ccc([N+](=O)[O-])cc2)CC1. The van der Waals surface area contributed by atoms with E-state index in [1.165, 1.54) is 30.5 Å². The van der Waals surface area contributed by atoms with Crippen LogP contribution in [0.3, 0.4) is 0 Å². The van der Waals surface area contributed by atoms with Crippen molar-refractivity contribution >= 4 is 17.5 Å². The van der Waals surface area contributed by atoms with Crippen LogP contribution in [0.1, 0.15) is 26.5 Å². The highest BCUT2D eigenvalue weighted by Crippen LogP contribution is 2.17. The Labute approximate surface area is 143 Å². The van der Waals surface area contributed by atoms with Crippen molar-refractivity contribution in [3.8, 4) is 0 Å². The lowest BCUT2D eigenvalue weighted by Crippen LogP contribution is -2.50. The fourth-order valence-corrected chi connectivity index (χ4v) is 2.76. The highest BCUT2D eigenvalue weighted by atomic mass is 16.6. The number of benzene rings is 1. The summed E-state index contributed by atoms with van der Waals surface area (Å²) in [5.41, 5.74) is 1.13. The van der Waals surface area contributed by atoms with E-state index < -0.39 is 4.92 Å². The monoisotopic (exact) mass is 343 g/mol. The summed E-state index contributed by atoms with van der Waals surface area (Å²) in [6.45, 7) is 3.45. The van der Waals surface area contributed by atoms with Gasteiger partial charge in [-0.2, -0.15) is 0 Å². The Bertz CT molecular complexity index is 804. The third kappa shape index (κ3) is 3.37. The second kappa shape index (κ2) is 6.76. The van der Waals surface area contributed by atoms with E-state index in [1.807, 2.05) is 6.92 Å². The molecule has 1 aliphatic rings. The number of nitrogens with zero attached hydrogens (tertiary/aromatic N) is 3. The summed E-state index contributed by atoms with van der Waals surface area (Å²) >= 11 is 0. The number of nitro groups is 1. The largest absolute Gasteiger partial charge is 0.459 e. The fraction of sp³-hybridized carbons (Fsp3) is 0.294. The van der Waals surface area contributed by atoms with Gasteiger partial charge in [0.1, 0.15) is 0 Å². The Balaban J connectivity index is 1.62. The first-order valence-electron chi connectivity index (χ1n) is 7.84. The van der Waals surface area contributed by atoms with Crippen LogP contribution in [-0.4, -0.2) is 52.7 Å². The summed E-state index contributed by atoms with van der Waals surface area (Å²) in [5.74, 6) is -0.0451. The van der Waals surface area contributed by atoms with Gasteiger partial charge in [0, 0.05) is 49.4 Å². The second-order valence-electron chi connectivity index (χ2n) is 5.82. The molecule has 1 aliphatic heterocycles. The van der Waals surface area contributed by atoms with Gasteiger partial charge in [-0.1, -0.05) is 0 Å². The van der Waals surface area contributed by atoms with Crippen LogP contribution in [0.2, 0.25) is 0 Å². The Morgan fingerprint density at radius 3 is 2.04 bits per heavy atom. The first-order valence-corrected chi connectivity index (χ1v) is 7.84. The van der Waals surface area contributed by atoms with E-state index in [9.17, 15) is 19.7 Å². The summed E-state index contributed by atoms with van der Waals surface area (Å²) in [7, 11) is 0. The molecule has 1 aromatic carbocycles. The Morgan fingerprint density at radius 2 is 1.56 bits per heavy atom. The van der Waals surface area contributed by atoms with E-state index in [2.05, 4.69) is 0 Å². The van der Waals surface area contributed by atoms with Gasteiger partial charge in [0.25, 0.3) is 17.5 Å². The average Bonchev–Trinajstić information content (AvgIpc) is 3.06. The predicted molar refractivity (Wildman–Crippen MR) is 88.3 cm³/mol. The van der Waals surface area contributed by atoms with Crippen LogP contribution in [0.25, 0.3) is 0 Å². The summed E-state index contributed by atoms with van der Waals surface area (Å²) < 4.78 is 5.23. The molecule has 1 fully saturated rings. The zero-order valence-corrected chi connectivity index (χ0v) is 13.7. The molecule has 2 aromatic rings. The predicted octanol–water partition coefficient (Wildman–Crippen LogP) is 2.09. The van der Waals surface area contributed by atoms with Crippen LogP contribution in [0.4, 0.5) is 5.69 Å². The van der Waals surface area contributed by atoms with Gasteiger partial charge >= 0.3 is 0 Å². The summed E-state index contributed by atoms with van der Waals surface area (Å²) in [6.07, 6.45) is 1.48. The lowest BCUT2D eigenvalue weighted by atomic mass is 10.1. The highest BCUT2D eigenvalue weighted by Gasteiger charge is 2.27. The molecule has 2 amide bonds. The van der Waals surface area contributed by atoms with Crippen molar-refractivity contribution in [2.75, 3.05) is 26.2 Å². The van der Waals surface area contributed by atoms with Crippen molar-refractivity contribution in [2.45, 2.75) is 6.92 Å². The van der Waals surface area contributed by atoms with Gasteiger partial charge in [-0.3, -0.25) is 19.7 Å². The number of piperazine rings is 1. The number of hydrogen-bond acceptors (Lipinski definition) is 5. The topological polar surface area (TPSA) is 96.9 Å². The molecule has 8 nitrogen and oxygen atoms in total. The molecule has 0 aliphatic carbocycles. The van der Waals surface area contributed by atoms with E-state index in [4.69, 9.17) is 4.42 Å². The molecular formula is C17H17N3O5. The van der Waals surface area contributed by atoms with E-state index in [1.54, 1.807) is 15.9 Å². The average molecular weight is 343 g/mol. The van der Waals surface area contributed by atoms with E-state index >= 15 is 0 Å². The molecule has 0 atom stereocenters. The minimum Gasteiger partial charge on any atom is -0.459 e. The van der Waals surface area contributed by atoms with Crippen molar-refractivity contribution in [2.24, 2.45) is 0 Å². The second-order valence-corrected chi connectivity index (χ2v) is 5.82. The molecule has 0 N–H and O–H groups in total. The minimum absolute atomic E-state index is 0.0548. The van der Waals surface area contributed by atoms with Crippen molar-refractivity contribution in [3.05, 3.63) is 63.6 Å². The quantitative estimate of drug-likeness (QED) is 0.628. The van der Waals surface area contributed by atoms with E-state index in [-0.39, 0.29) is 17.5 Å². The van der Waals surface area contributed by atoms with Gasteiger partial charge in [-0.05, 0) is 25.1 Å². The number of carbonyl (C=O) groups excluding carboxylic acids is 2. The molecule has 3 rings (SSSR count). The number of nitro benzene ring substituents is 1. The van der Waals surface area contributed by atoms with Gasteiger partial charge in [-0.25, -0.2) is 0 Å². The van der Waals surface area contributed by atoms with Crippen LogP contribution in [-0.2, 0) is 0 Å². The number of aryl methyl sites for hydroxylation is 1. The van der Waals surface area contributed by atoms with Crippen molar-refractivity contribution in [1.82, 2.24) is 9.80 Å². The maximum atomic E-state index is 12.5. The number of rotatable bonds is 3. The third-order valence-electron chi connectivity index (χ3n) is 4.24. The first-order chi connectivity index (χ1) is 12.0. The molecule has 2 heterocycles. The van der Waals surface area contributed by atoms with Gasteiger partial charge in [0.2, 0.25) is 0 Å². The minimum atomic E-state index is -0.505. The highest BCUT2D eigenvalue weighted by molar-refractivity contribution is 5.95. The van der Waals surface area contributed by atoms with E-state index in [0.29, 0.717) is 37.5 Å². The molecule has 25 heavy (non-hydrogen) atoms. The number of amides is 2. The molecule has 0 unspecified atom stereocenters. The maximum absolute atomic E-state index is 12.5. The lowest BCUT2D eigenvalue weighted by molar-refractivity contribution is -0.384. The van der Waals surface area contributed by atoms with Gasteiger partial charge in [0.05, 0.1) is 11.2 Å². The molecule has 1 saturated heterocycles. The summed E-state index contributed by atoms with van der Waals surface area (Å²) in [6, 6.07) is 7.26.